The SMILES string of the molecule is CCS(=O)(=O)CCN1CC2(CCCC2)NCC1(C)C1CC1. The maximum Gasteiger partial charge on any atom is 0.151 e. The van der Waals surface area contributed by atoms with E-state index in [9.17, 15) is 8.42 Å². The molecule has 1 unspecified atom stereocenters. The molecule has 122 valence electrons. The Bertz CT molecular complexity index is 481. The lowest BCUT2D eigenvalue weighted by Crippen LogP contribution is -2.69. The van der Waals surface area contributed by atoms with Crippen LogP contribution in [0.4, 0.5) is 0 Å². The Balaban J connectivity index is 1.73. The van der Waals surface area contributed by atoms with E-state index in [1.54, 1.807) is 6.92 Å². The third-order valence-electron chi connectivity index (χ3n) is 6.17. The molecule has 0 aromatic heterocycles. The molecule has 21 heavy (non-hydrogen) atoms. The third-order valence-corrected chi connectivity index (χ3v) is 7.85. The second kappa shape index (κ2) is 5.50. The highest BCUT2D eigenvalue weighted by Gasteiger charge is 2.52. The van der Waals surface area contributed by atoms with Gasteiger partial charge in [0.25, 0.3) is 0 Å². The zero-order chi connectivity index (χ0) is 15.1. The van der Waals surface area contributed by atoms with Crippen molar-refractivity contribution in [2.45, 2.75) is 63.5 Å². The van der Waals surface area contributed by atoms with Crippen LogP contribution in [0, 0.1) is 5.92 Å². The molecular formula is C16H30N2O2S. The number of piperazine rings is 1. The van der Waals surface area contributed by atoms with Crippen LogP contribution >= 0.6 is 0 Å². The fourth-order valence-corrected chi connectivity index (χ4v) is 5.09. The lowest BCUT2D eigenvalue weighted by molar-refractivity contribution is 0.00742. The summed E-state index contributed by atoms with van der Waals surface area (Å²) in [6, 6.07) is 0. The van der Waals surface area contributed by atoms with Crippen LogP contribution in [0.25, 0.3) is 0 Å². The molecule has 0 amide bonds. The maximum atomic E-state index is 11.9. The monoisotopic (exact) mass is 314 g/mol. The minimum Gasteiger partial charge on any atom is -0.308 e. The van der Waals surface area contributed by atoms with Crippen molar-refractivity contribution >= 4 is 9.84 Å². The summed E-state index contributed by atoms with van der Waals surface area (Å²) in [7, 11) is -2.87. The van der Waals surface area contributed by atoms with Crippen molar-refractivity contribution in [3.05, 3.63) is 0 Å². The van der Waals surface area contributed by atoms with E-state index in [1.165, 1.54) is 38.5 Å². The number of nitrogens with zero attached hydrogens (tertiary/aromatic N) is 1. The molecule has 3 rings (SSSR count). The lowest BCUT2D eigenvalue weighted by Gasteiger charge is -2.53. The fraction of sp³-hybridized carbons (Fsp3) is 1.00. The van der Waals surface area contributed by atoms with Gasteiger partial charge in [0.2, 0.25) is 0 Å². The minimum atomic E-state index is -2.87. The van der Waals surface area contributed by atoms with Crippen molar-refractivity contribution in [2.24, 2.45) is 5.92 Å². The molecule has 0 radical (unpaired) electrons. The molecule has 4 nitrogen and oxygen atoms in total. The molecule has 0 bridgehead atoms. The van der Waals surface area contributed by atoms with Crippen molar-refractivity contribution in [1.29, 1.82) is 0 Å². The Labute approximate surface area is 129 Å². The smallest absolute Gasteiger partial charge is 0.151 e. The van der Waals surface area contributed by atoms with Crippen LogP contribution in [-0.4, -0.2) is 55.5 Å². The van der Waals surface area contributed by atoms with E-state index in [0.717, 1.165) is 19.0 Å². The number of hydrogen-bond acceptors (Lipinski definition) is 4. The third kappa shape index (κ3) is 3.15. The van der Waals surface area contributed by atoms with Gasteiger partial charge in [0, 0.05) is 36.5 Å². The summed E-state index contributed by atoms with van der Waals surface area (Å²) in [6.45, 7) is 6.89. The highest BCUT2D eigenvalue weighted by Crippen LogP contribution is 2.46. The zero-order valence-electron chi connectivity index (χ0n) is 13.5. The van der Waals surface area contributed by atoms with Gasteiger partial charge in [0.15, 0.2) is 9.84 Å². The molecule has 2 saturated carbocycles. The molecule has 3 aliphatic rings. The molecule has 1 atom stereocenters. The Morgan fingerprint density at radius 2 is 1.90 bits per heavy atom. The van der Waals surface area contributed by atoms with Gasteiger partial charge in [-0.3, -0.25) is 4.90 Å². The van der Waals surface area contributed by atoms with Crippen LogP contribution in [0.3, 0.4) is 0 Å². The van der Waals surface area contributed by atoms with Gasteiger partial charge in [-0.15, -0.1) is 0 Å². The summed E-state index contributed by atoms with van der Waals surface area (Å²) in [4.78, 5) is 2.53. The lowest BCUT2D eigenvalue weighted by atomic mass is 9.83. The summed E-state index contributed by atoms with van der Waals surface area (Å²) in [5, 5.41) is 3.86. The Morgan fingerprint density at radius 1 is 1.24 bits per heavy atom. The second-order valence-electron chi connectivity index (χ2n) is 7.63. The van der Waals surface area contributed by atoms with E-state index in [4.69, 9.17) is 0 Å². The second-order valence-corrected chi connectivity index (χ2v) is 10.1. The van der Waals surface area contributed by atoms with E-state index < -0.39 is 9.84 Å². The zero-order valence-corrected chi connectivity index (χ0v) is 14.3. The number of hydrogen-bond donors (Lipinski definition) is 1. The normalized spacial score (nSPS) is 33.6. The van der Waals surface area contributed by atoms with Gasteiger partial charge in [-0.1, -0.05) is 19.8 Å². The summed E-state index contributed by atoms with van der Waals surface area (Å²) in [5.74, 6) is 1.35. The quantitative estimate of drug-likeness (QED) is 0.841. The fourth-order valence-electron chi connectivity index (χ4n) is 4.30. The van der Waals surface area contributed by atoms with Gasteiger partial charge < -0.3 is 5.32 Å². The van der Waals surface area contributed by atoms with E-state index in [-0.39, 0.29) is 16.8 Å². The maximum absolute atomic E-state index is 11.9. The summed E-state index contributed by atoms with van der Waals surface area (Å²) in [6.07, 6.45) is 7.75. The first-order chi connectivity index (χ1) is 9.89. The van der Waals surface area contributed by atoms with Crippen molar-refractivity contribution in [3.63, 3.8) is 0 Å². The number of rotatable bonds is 5. The van der Waals surface area contributed by atoms with Gasteiger partial charge in [-0.2, -0.15) is 0 Å². The minimum absolute atomic E-state index is 0.164. The predicted octanol–water partition coefficient (Wildman–Crippen LogP) is 1.81. The van der Waals surface area contributed by atoms with Crippen LogP contribution in [-0.2, 0) is 9.84 Å². The van der Waals surface area contributed by atoms with Crippen molar-refractivity contribution in [1.82, 2.24) is 10.2 Å². The molecular weight excluding hydrogens is 284 g/mol. The van der Waals surface area contributed by atoms with Crippen LogP contribution in [0.1, 0.15) is 52.4 Å². The highest BCUT2D eigenvalue weighted by atomic mass is 32.2. The van der Waals surface area contributed by atoms with Crippen LogP contribution < -0.4 is 5.32 Å². The number of nitrogens with one attached hydrogen (secondary N) is 1. The number of sulfone groups is 1. The molecule has 1 N–H and O–H groups in total. The Morgan fingerprint density at radius 3 is 2.48 bits per heavy atom. The van der Waals surface area contributed by atoms with Gasteiger partial charge in [-0.25, -0.2) is 8.42 Å². The average Bonchev–Trinajstić information content (AvgIpc) is 3.23. The molecule has 2 aliphatic carbocycles. The summed E-state index contributed by atoms with van der Waals surface area (Å²) >= 11 is 0. The molecule has 1 heterocycles. The van der Waals surface area contributed by atoms with E-state index >= 15 is 0 Å². The van der Waals surface area contributed by atoms with Gasteiger partial charge in [0.05, 0.1) is 5.75 Å². The summed E-state index contributed by atoms with van der Waals surface area (Å²) < 4.78 is 23.8. The molecule has 3 fully saturated rings. The van der Waals surface area contributed by atoms with E-state index in [1.807, 2.05) is 0 Å². The molecule has 1 saturated heterocycles. The van der Waals surface area contributed by atoms with E-state index in [2.05, 4.69) is 17.1 Å². The molecule has 5 heteroatoms. The van der Waals surface area contributed by atoms with Crippen LogP contribution in [0.5, 0.6) is 0 Å². The molecule has 0 aromatic rings. The largest absolute Gasteiger partial charge is 0.308 e. The first kappa shape index (κ1) is 15.8. The van der Waals surface area contributed by atoms with E-state index in [0.29, 0.717) is 12.3 Å². The highest BCUT2D eigenvalue weighted by molar-refractivity contribution is 7.91. The molecule has 1 aliphatic heterocycles. The standard InChI is InChI=1S/C16H30N2O2S/c1-3-21(19,20)11-10-18-13-16(8-4-5-9-16)17-12-15(18,2)14-6-7-14/h14,17H,3-13H2,1-2H3. The van der Waals surface area contributed by atoms with Gasteiger partial charge in [-0.05, 0) is 38.5 Å². The first-order valence-corrected chi connectivity index (χ1v) is 10.4. The molecule has 1 spiro atoms. The van der Waals surface area contributed by atoms with Crippen molar-refractivity contribution in [2.75, 3.05) is 31.1 Å². The first-order valence-electron chi connectivity index (χ1n) is 8.60. The van der Waals surface area contributed by atoms with Crippen molar-refractivity contribution in [3.8, 4) is 0 Å². The Hall–Kier alpha value is -0.130. The van der Waals surface area contributed by atoms with Crippen LogP contribution in [0.15, 0.2) is 0 Å². The summed E-state index contributed by atoms with van der Waals surface area (Å²) in [5.41, 5.74) is 0.432. The average molecular weight is 314 g/mol. The topological polar surface area (TPSA) is 49.4 Å². The van der Waals surface area contributed by atoms with Gasteiger partial charge >= 0.3 is 0 Å². The van der Waals surface area contributed by atoms with Gasteiger partial charge in [0.1, 0.15) is 0 Å². The Kier molecular flexibility index (Phi) is 4.13. The molecule has 0 aromatic carbocycles. The predicted molar refractivity (Wildman–Crippen MR) is 86.2 cm³/mol. The van der Waals surface area contributed by atoms with Crippen molar-refractivity contribution < 1.29 is 8.42 Å². The van der Waals surface area contributed by atoms with Crippen LogP contribution in [0.2, 0.25) is 0 Å².